The van der Waals surface area contributed by atoms with Crippen molar-refractivity contribution in [3.63, 3.8) is 0 Å². The van der Waals surface area contributed by atoms with E-state index in [0.717, 1.165) is 29.6 Å². The van der Waals surface area contributed by atoms with Crippen molar-refractivity contribution < 1.29 is 0 Å². The van der Waals surface area contributed by atoms with E-state index < -0.39 is 0 Å². The fourth-order valence-corrected chi connectivity index (χ4v) is 2.82. The first kappa shape index (κ1) is 15.2. The van der Waals surface area contributed by atoms with Crippen LogP contribution in [-0.4, -0.2) is 27.9 Å². The second-order valence-corrected chi connectivity index (χ2v) is 5.71. The van der Waals surface area contributed by atoms with E-state index in [1.165, 1.54) is 11.3 Å². The standard InChI is InChI=1S/C15H21BrN4/c1-4-20-14(15(16)11(2)19-20)9-13(17-3)8-12-6-5-7-18-10-12/h5-7,10,13,17H,4,8-9H2,1-3H3. The Bertz CT molecular complexity index is 551. The maximum atomic E-state index is 4.55. The van der Waals surface area contributed by atoms with E-state index in [1.807, 2.05) is 32.4 Å². The average molecular weight is 337 g/mol. The summed E-state index contributed by atoms with van der Waals surface area (Å²) in [5.41, 5.74) is 3.56. The molecule has 2 aromatic heterocycles. The van der Waals surface area contributed by atoms with E-state index >= 15 is 0 Å². The highest BCUT2D eigenvalue weighted by atomic mass is 79.9. The summed E-state index contributed by atoms with van der Waals surface area (Å²) < 4.78 is 3.21. The van der Waals surface area contributed by atoms with E-state index in [9.17, 15) is 0 Å². The van der Waals surface area contributed by atoms with E-state index in [0.29, 0.717) is 6.04 Å². The van der Waals surface area contributed by atoms with Crippen LogP contribution in [0.1, 0.15) is 23.9 Å². The van der Waals surface area contributed by atoms with Gasteiger partial charge in [-0.2, -0.15) is 5.10 Å². The van der Waals surface area contributed by atoms with E-state index in [1.54, 1.807) is 0 Å². The molecule has 0 amide bonds. The van der Waals surface area contributed by atoms with Crippen molar-refractivity contribution in [2.75, 3.05) is 7.05 Å². The molecule has 0 aliphatic heterocycles. The third-order valence-electron chi connectivity index (χ3n) is 3.51. The van der Waals surface area contributed by atoms with Crippen molar-refractivity contribution in [1.82, 2.24) is 20.1 Å². The van der Waals surface area contributed by atoms with Gasteiger partial charge >= 0.3 is 0 Å². The second-order valence-electron chi connectivity index (χ2n) is 4.92. The highest BCUT2D eigenvalue weighted by Crippen LogP contribution is 2.23. The number of nitrogens with one attached hydrogen (secondary N) is 1. The lowest BCUT2D eigenvalue weighted by atomic mass is 10.0. The Kier molecular flexibility index (Phi) is 5.31. The lowest BCUT2D eigenvalue weighted by Crippen LogP contribution is -2.31. The Morgan fingerprint density at radius 3 is 2.80 bits per heavy atom. The minimum Gasteiger partial charge on any atom is -0.316 e. The molecule has 0 aliphatic carbocycles. The zero-order chi connectivity index (χ0) is 14.5. The normalized spacial score (nSPS) is 12.6. The van der Waals surface area contributed by atoms with Gasteiger partial charge in [0.1, 0.15) is 0 Å². The number of hydrogen-bond acceptors (Lipinski definition) is 3. The number of aryl methyl sites for hydroxylation is 2. The van der Waals surface area contributed by atoms with Crippen molar-refractivity contribution >= 4 is 15.9 Å². The Morgan fingerprint density at radius 1 is 1.40 bits per heavy atom. The summed E-state index contributed by atoms with van der Waals surface area (Å²) in [7, 11) is 2.01. The molecule has 2 heterocycles. The van der Waals surface area contributed by atoms with Crippen molar-refractivity contribution in [3.05, 3.63) is 46.0 Å². The molecule has 0 saturated carbocycles. The Morgan fingerprint density at radius 2 is 2.20 bits per heavy atom. The molecule has 1 atom stereocenters. The maximum Gasteiger partial charge on any atom is 0.0738 e. The Labute approximate surface area is 128 Å². The lowest BCUT2D eigenvalue weighted by molar-refractivity contribution is 0.518. The number of nitrogens with zero attached hydrogens (tertiary/aromatic N) is 3. The van der Waals surface area contributed by atoms with Gasteiger partial charge in [-0.25, -0.2) is 0 Å². The molecule has 0 spiro atoms. The summed E-state index contributed by atoms with van der Waals surface area (Å²) in [6, 6.07) is 4.48. The quantitative estimate of drug-likeness (QED) is 0.881. The van der Waals surface area contributed by atoms with Crippen LogP contribution in [0, 0.1) is 6.92 Å². The van der Waals surface area contributed by atoms with Crippen LogP contribution in [0.5, 0.6) is 0 Å². The summed E-state index contributed by atoms with van der Waals surface area (Å²) >= 11 is 3.66. The fourth-order valence-electron chi connectivity index (χ4n) is 2.38. The van der Waals surface area contributed by atoms with Crippen LogP contribution in [-0.2, 0) is 19.4 Å². The number of likely N-dealkylation sites (N-methyl/N-ethyl adjacent to an activating group) is 1. The zero-order valence-electron chi connectivity index (χ0n) is 12.2. The highest BCUT2D eigenvalue weighted by molar-refractivity contribution is 9.10. The second kappa shape index (κ2) is 6.99. The van der Waals surface area contributed by atoms with Gasteiger partial charge in [-0.1, -0.05) is 6.07 Å². The van der Waals surface area contributed by atoms with Gasteiger partial charge in [0.2, 0.25) is 0 Å². The molecular formula is C15H21BrN4. The Balaban J connectivity index is 2.14. The maximum absolute atomic E-state index is 4.55. The van der Waals surface area contributed by atoms with Gasteiger partial charge in [0, 0.05) is 31.4 Å². The summed E-state index contributed by atoms with van der Waals surface area (Å²) in [5, 5.41) is 7.95. The molecule has 0 aliphatic rings. The molecule has 4 nitrogen and oxygen atoms in total. The van der Waals surface area contributed by atoms with Gasteiger partial charge in [-0.05, 0) is 54.9 Å². The smallest absolute Gasteiger partial charge is 0.0738 e. The molecule has 2 aromatic rings. The minimum absolute atomic E-state index is 0.372. The molecule has 1 N–H and O–H groups in total. The van der Waals surface area contributed by atoms with Crippen molar-refractivity contribution in [3.8, 4) is 0 Å². The monoisotopic (exact) mass is 336 g/mol. The van der Waals surface area contributed by atoms with E-state index in [4.69, 9.17) is 0 Å². The molecule has 108 valence electrons. The molecule has 0 bridgehead atoms. The topological polar surface area (TPSA) is 42.7 Å². The zero-order valence-corrected chi connectivity index (χ0v) is 13.8. The predicted molar refractivity (Wildman–Crippen MR) is 84.8 cm³/mol. The van der Waals surface area contributed by atoms with E-state index in [-0.39, 0.29) is 0 Å². The van der Waals surface area contributed by atoms with Crippen LogP contribution in [0.4, 0.5) is 0 Å². The summed E-state index contributed by atoms with van der Waals surface area (Å²) in [6.07, 6.45) is 5.65. The third kappa shape index (κ3) is 3.46. The molecule has 0 saturated heterocycles. The lowest BCUT2D eigenvalue weighted by Gasteiger charge is -2.17. The number of pyridine rings is 1. The van der Waals surface area contributed by atoms with Crippen LogP contribution in [0.3, 0.4) is 0 Å². The number of aromatic nitrogens is 3. The molecule has 2 rings (SSSR count). The summed E-state index contributed by atoms with van der Waals surface area (Å²) in [5.74, 6) is 0. The summed E-state index contributed by atoms with van der Waals surface area (Å²) in [4.78, 5) is 4.18. The molecular weight excluding hydrogens is 316 g/mol. The third-order valence-corrected chi connectivity index (χ3v) is 4.54. The van der Waals surface area contributed by atoms with Gasteiger partial charge in [0.15, 0.2) is 0 Å². The van der Waals surface area contributed by atoms with Crippen molar-refractivity contribution in [2.24, 2.45) is 0 Å². The number of hydrogen-bond donors (Lipinski definition) is 1. The predicted octanol–water partition coefficient (Wildman–Crippen LogP) is 2.74. The first-order valence-corrected chi connectivity index (χ1v) is 7.73. The van der Waals surface area contributed by atoms with Crippen LogP contribution in [0.2, 0.25) is 0 Å². The molecule has 0 aromatic carbocycles. The molecule has 20 heavy (non-hydrogen) atoms. The molecule has 5 heteroatoms. The SMILES string of the molecule is CCn1nc(C)c(Br)c1CC(Cc1cccnc1)NC. The van der Waals surface area contributed by atoms with Gasteiger partial charge in [-0.15, -0.1) is 0 Å². The van der Waals surface area contributed by atoms with Gasteiger partial charge < -0.3 is 5.32 Å². The molecule has 0 fully saturated rings. The Hall–Kier alpha value is -1.20. The number of rotatable bonds is 6. The molecule has 1 unspecified atom stereocenters. The molecule has 0 radical (unpaired) electrons. The first-order valence-electron chi connectivity index (χ1n) is 6.93. The summed E-state index contributed by atoms with van der Waals surface area (Å²) in [6.45, 7) is 5.05. The average Bonchev–Trinajstić information content (AvgIpc) is 2.75. The van der Waals surface area contributed by atoms with Gasteiger partial charge in [0.25, 0.3) is 0 Å². The van der Waals surface area contributed by atoms with Gasteiger partial charge in [-0.3, -0.25) is 9.67 Å². The van der Waals surface area contributed by atoms with Crippen LogP contribution in [0.25, 0.3) is 0 Å². The first-order chi connectivity index (χ1) is 9.65. The van der Waals surface area contributed by atoms with Crippen molar-refractivity contribution in [1.29, 1.82) is 0 Å². The van der Waals surface area contributed by atoms with Crippen LogP contribution in [0.15, 0.2) is 29.0 Å². The van der Waals surface area contributed by atoms with Crippen LogP contribution < -0.4 is 5.32 Å². The largest absolute Gasteiger partial charge is 0.316 e. The fraction of sp³-hybridized carbons (Fsp3) is 0.467. The van der Waals surface area contributed by atoms with Crippen LogP contribution >= 0.6 is 15.9 Å². The van der Waals surface area contributed by atoms with Gasteiger partial charge in [0.05, 0.1) is 15.9 Å². The number of halogens is 1. The minimum atomic E-state index is 0.372. The highest BCUT2D eigenvalue weighted by Gasteiger charge is 2.17. The van der Waals surface area contributed by atoms with E-state index in [2.05, 4.69) is 49.0 Å². The van der Waals surface area contributed by atoms with Crippen molar-refractivity contribution in [2.45, 2.75) is 39.3 Å².